The maximum Gasteiger partial charge on any atom is 0.272 e. The minimum atomic E-state index is -0.556. The molecule has 25 heavy (non-hydrogen) atoms. The third-order valence-corrected chi connectivity index (χ3v) is 3.98. The van der Waals surface area contributed by atoms with Crippen molar-refractivity contribution < 1.29 is 9.59 Å². The van der Waals surface area contributed by atoms with Crippen molar-refractivity contribution in [3.8, 4) is 0 Å². The van der Waals surface area contributed by atoms with Gasteiger partial charge in [0.15, 0.2) is 0 Å². The van der Waals surface area contributed by atoms with E-state index in [-0.39, 0.29) is 11.8 Å². The lowest BCUT2D eigenvalue weighted by Gasteiger charge is -2.35. The first-order valence-corrected chi connectivity index (χ1v) is 8.53. The molecular weight excluding hydrogens is 312 g/mol. The van der Waals surface area contributed by atoms with Gasteiger partial charge in [-0.1, -0.05) is 36.8 Å². The number of hydrazine groups is 1. The van der Waals surface area contributed by atoms with Gasteiger partial charge in [-0.25, -0.2) is 5.01 Å². The summed E-state index contributed by atoms with van der Waals surface area (Å²) in [6.45, 7) is 9.67. The van der Waals surface area contributed by atoms with Crippen molar-refractivity contribution in [1.82, 2.24) is 10.4 Å². The van der Waals surface area contributed by atoms with E-state index in [0.717, 1.165) is 12.0 Å². The number of aryl methyl sites for hydroxylation is 2. The molecule has 132 valence electrons. The molecule has 4 nitrogen and oxygen atoms in total. The van der Waals surface area contributed by atoms with Crippen LogP contribution in [0.15, 0.2) is 48.5 Å². The number of benzene rings is 2. The van der Waals surface area contributed by atoms with E-state index in [4.69, 9.17) is 0 Å². The molecular formula is C21H26N2O2. The summed E-state index contributed by atoms with van der Waals surface area (Å²) in [4.78, 5) is 25.5. The first-order chi connectivity index (χ1) is 11.7. The Labute approximate surface area is 149 Å². The molecule has 2 amide bonds. The maximum absolute atomic E-state index is 12.9. The van der Waals surface area contributed by atoms with Crippen molar-refractivity contribution in [2.45, 2.75) is 46.6 Å². The molecule has 0 heterocycles. The number of amides is 2. The Morgan fingerprint density at radius 3 is 2.16 bits per heavy atom. The lowest BCUT2D eigenvalue weighted by molar-refractivity contribution is 0.0358. The van der Waals surface area contributed by atoms with Crippen molar-refractivity contribution in [3.63, 3.8) is 0 Å². The molecule has 4 heteroatoms. The molecule has 0 saturated carbocycles. The zero-order valence-corrected chi connectivity index (χ0v) is 15.6. The van der Waals surface area contributed by atoms with Crippen LogP contribution in [0.3, 0.4) is 0 Å². The fourth-order valence-electron chi connectivity index (χ4n) is 2.49. The van der Waals surface area contributed by atoms with Crippen molar-refractivity contribution >= 4 is 11.8 Å². The summed E-state index contributed by atoms with van der Waals surface area (Å²) in [5.41, 5.74) is 5.47. The third-order valence-electron chi connectivity index (χ3n) is 3.98. The normalized spacial score (nSPS) is 11.1. The monoisotopic (exact) mass is 338 g/mol. The summed E-state index contributed by atoms with van der Waals surface area (Å²) in [7, 11) is 0. The molecule has 0 atom stereocenters. The van der Waals surface area contributed by atoms with Gasteiger partial charge in [-0.2, -0.15) is 0 Å². The van der Waals surface area contributed by atoms with Crippen LogP contribution >= 0.6 is 0 Å². The highest BCUT2D eigenvalue weighted by atomic mass is 16.2. The number of hydrogen-bond donors (Lipinski definition) is 1. The van der Waals surface area contributed by atoms with Crippen LogP contribution in [0.5, 0.6) is 0 Å². The number of nitrogens with zero attached hydrogens (tertiary/aromatic N) is 1. The zero-order valence-electron chi connectivity index (χ0n) is 15.6. The predicted molar refractivity (Wildman–Crippen MR) is 100 cm³/mol. The minimum absolute atomic E-state index is 0.227. The molecule has 0 spiro atoms. The van der Waals surface area contributed by atoms with Crippen LogP contribution in [0, 0.1) is 6.92 Å². The molecule has 0 aliphatic rings. The van der Waals surface area contributed by atoms with Crippen LogP contribution in [0.2, 0.25) is 0 Å². The van der Waals surface area contributed by atoms with Gasteiger partial charge < -0.3 is 0 Å². The van der Waals surface area contributed by atoms with E-state index in [1.807, 2.05) is 58.0 Å². The van der Waals surface area contributed by atoms with Crippen LogP contribution in [-0.2, 0) is 6.42 Å². The minimum Gasteiger partial charge on any atom is -0.267 e. The quantitative estimate of drug-likeness (QED) is 0.855. The fraction of sp³-hybridized carbons (Fsp3) is 0.333. The maximum atomic E-state index is 12.9. The van der Waals surface area contributed by atoms with Gasteiger partial charge in [0, 0.05) is 11.1 Å². The van der Waals surface area contributed by atoms with Gasteiger partial charge in [-0.15, -0.1) is 0 Å². The number of hydrogen-bond acceptors (Lipinski definition) is 2. The second kappa shape index (κ2) is 7.51. The summed E-state index contributed by atoms with van der Waals surface area (Å²) in [5.74, 6) is -0.520. The van der Waals surface area contributed by atoms with Gasteiger partial charge in [0.2, 0.25) is 0 Å². The van der Waals surface area contributed by atoms with E-state index in [9.17, 15) is 9.59 Å². The molecule has 0 aromatic heterocycles. The SMILES string of the molecule is CCc1ccc(C(=O)NN(C(=O)c2cccc(C)c2)C(C)(C)C)cc1. The average Bonchev–Trinajstić information content (AvgIpc) is 2.58. The second-order valence-electron chi connectivity index (χ2n) is 7.17. The molecule has 0 fully saturated rings. The summed E-state index contributed by atoms with van der Waals surface area (Å²) in [6.07, 6.45) is 0.919. The van der Waals surface area contributed by atoms with Crippen molar-refractivity contribution in [3.05, 3.63) is 70.8 Å². The Bertz CT molecular complexity index is 758. The lowest BCUT2D eigenvalue weighted by atomic mass is 10.1. The molecule has 0 radical (unpaired) electrons. The van der Waals surface area contributed by atoms with Crippen LogP contribution in [0.4, 0.5) is 0 Å². The second-order valence-corrected chi connectivity index (χ2v) is 7.17. The summed E-state index contributed by atoms with van der Waals surface area (Å²) < 4.78 is 0. The molecule has 0 aliphatic heterocycles. The zero-order chi connectivity index (χ0) is 18.6. The molecule has 2 aromatic carbocycles. The summed E-state index contributed by atoms with van der Waals surface area (Å²) in [6, 6.07) is 14.8. The van der Waals surface area contributed by atoms with Gasteiger partial charge in [0.05, 0.1) is 5.54 Å². The standard InChI is InChI=1S/C21H26N2O2/c1-6-16-10-12-17(13-11-16)19(24)22-23(21(3,4)5)20(25)18-9-7-8-15(2)14-18/h7-14H,6H2,1-5H3,(H,22,24). The number of rotatable bonds is 3. The average molecular weight is 338 g/mol. The van der Waals surface area contributed by atoms with Crippen LogP contribution in [-0.4, -0.2) is 22.4 Å². The van der Waals surface area contributed by atoms with Crippen LogP contribution < -0.4 is 5.43 Å². The van der Waals surface area contributed by atoms with Gasteiger partial charge in [-0.05, 0) is 63.9 Å². The molecule has 1 N–H and O–H groups in total. The fourth-order valence-corrected chi connectivity index (χ4v) is 2.49. The smallest absolute Gasteiger partial charge is 0.267 e. The van der Waals surface area contributed by atoms with E-state index >= 15 is 0 Å². The van der Waals surface area contributed by atoms with E-state index < -0.39 is 5.54 Å². The van der Waals surface area contributed by atoms with E-state index in [1.165, 1.54) is 10.6 Å². The Balaban J connectivity index is 2.25. The molecule has 0 saturated heterocycles. The number of carbonyl (C=O) groups is 2. The Morgan fingerprint density at radius 1 is 1.00 bits per heavy atom. The Hall–Kier alpha value is -2.62. The lowest BCUT2D eigenvalue weighted by Crippen LogP contribution is -2.55. The topological polar surface area (TPSA) is 49.4 Å². The van der Waals surface area contributed by atoms with Gasteiger partial charge in [0.25, 0.3) is 11.8 Å². The first kappa shape index (κ1) is 18.7. The van der Waals surface area contributed by atoms with Crippen LogP contribution in [0.25, 0.3) is 0 Å². The van der Waals surface area contributed by atoms with Crippen LogP contribution in [0.1, 0.15) is 59.5 Å². The van der Waals surface area contributed by atoms with E-state index in [1.54, 1.807) is 18.2 Å². The molecule has 2 rings (SSSR count). The van der Waals surface area contributed by atoms with Gasteiger partial charge in [-0.3, -0.25) is 15.0 Å². The highest BCUT2D eigenvalue weighted by Crippen LogP contribution is 2.17. The van der Waals surface area contributed by atoms with E-state index in [2.05, 4.69) is 12.3 Å². The van der Waals surface area contributed by atoms with Crippen molar-refractivity contribution in [1.29, 1.82) is 0 Å². The third kappa shape index (κ3) is 4.69. The van der Waals surface area contributed by atoms with Gasteiger partial charge in [0.1, 0.15) is 0 Å². The number of nitrogens with one attached hydrogen (secondary N) is 1. The largest absolute Gasteiger partial charge is 0.272 e. The van der Waals surface area contributed by atoms with E-state index in [0.29, 0.717) is 11.1 Å². The highest BCUT2D eigenvalue weighted by molar-refractivity contribution is 5.99. The molecule has 0 bridgehead atoms. The molecule has 0 aliphatic carbocycles. The van der Waals surface area contributed by atoms with Crippen molar-refractivity contribution in [2.75, 3.05) is 0 Å². The summed E-state index contributed by atoms with van der Waals surface area (Å²) >= 11 is 0. The number of carbonyl (C=O) groups excluding carboxylic acids is 2. The molecule has 0 unspecified atom stereocenters. The first-order valence-electron chi connectivity index (χ1n) is 8.53. The molecule has 2 aromatic rings. The highest BCUT2D eigenvalue weighted by Gasteiger charge is 2.29. The Morgan fingerprint density at radius 2 is 1.64 bits per heavy atom. The predicted octanol–water partition coefficient (Wildman–Crippen LogP) is 4.14. The van der Waals surface area contributed by atoms with Gasteiger partial charge >= 0.3 is 0 Å². The van der Waals surface area contributed by atoms with Crippen molar-refractivity contribution in [2.24, 2.45) is 0 Å². The Kier molecular flexibility index (Phi) is 5.62. The summed E-state index contributed by atoms with van der Waals surface area (Å²) in [5, 5.41) is 1.40.